The van der Waals surface area contributed by atoms with Gasteiger partial charge in [0.2, 0.25) is 6.10 Å². The van der Waals surface area contributed by atoms with Crippen molar-refractivity contribution in [3.8, 4) is 0 Å². The number of cyclic esters (lactones) is 6. The molecule has 9 aliphatic heterocycles. The summed E-state index contributed by atoms with van der Waals surface area (Å²) in [7, 11) is 0. The molecule has 9 heterocycles. The van der Waals surface area contributed by atoms with Gasteiger partial charge in [-0.1, -0.05) is 125 Å². The molecule has 0 aromatic rings. The molecule has 36 unspecified atom stereocenters. The average molecular weight is 2010 g/mol. The molecule has 0 spiro atoms. The molecule has 0 N–H and O–H groups in total. The van der Waals surface area contributed by atoms with Crippen LogP contribution in [0.4, 0.5) is 0 Å². The minimum absolute atomic E-state index is 0.00140. The second kappa shape index (κ2) is 51.5. The van der Waals surface area contributed by atoms with Gasteiger partial charge in [0.25, 0.3) is 5.79 Å². The van der Waals surface area contributed by atoms with Crippen LogP contribution in [0.25, 0.3) is 0 Å². The standard InChI is InChI=1S/3C14H20O4.C13H18O4.C12H18O4.C11H18O4.C10H16O4.2C9H14O4/c1-3-7(2)13(15)18-11-5-8-4-9(11)10-6-17-14(16)12(8)10;1-3-7(2)13(15)18-11-5-8-4-9(11)12-10(8)6-17-14(12)16;1-3-7(2)13(15)17-6-10-8-4-9-11(5-8)18-14(16)12(9)10;1-3-6(2)12(14)16-10-7-4-8-9(5-7)13(15)17-11(8)10;1-3-7(2)11(13)15-9-5-4-8-6-10(9)16-12(8)14;1-4-8(2)10(13)15-11(3)5-6-14-9(12)7-11;1-4-7(2)9(12)14-10(3)6-5-8(11)13-10;1-3-6(2)9(11)13-7-4-8(10)12-5-7;1-3-6(2)8(10)13-7-4-5-12-9(7)11/h3*7-12H,3-6H2,1-2H3;6-11H,3-5H2,1-2H3;7-10H,3-6H2,1-2H3;8H,4-7H2,1-3H3;7H,4-6H2,1-3H3;2*6-7H,3-5H2,1-2H3. The molecule has 0 radical (unpaired) electrons. The van der Waals surface area contributed by atoms with E-state index in [1.165, 1.54) is 0 Å². The molecule has 36 heteroatoms. The first kappa shape index (κ1) is 114. The zero-order valence-corrected chi connectivity index (χ0v) is 87.0. The van der Waals surface area contributed by atoms with Crippen LogP contribution in [-0.4, -0.2) is 213 Å². The van der Waals surface area contributed by atoms with Gasteiger partial charge < -0.3 is 85.3 Å². The SMILES string of the molecule is CCC(C)C(=O)OC1(C)CCC(=O)O1.CCC(C)C(=O)OC1(C)CCOC(=O)C1.CCC(C)C(=O)OC1C2CC3C(=O)OC1C3C2.CCC(C)C(=O)OC1CC2CC1C1C(=O)OCC21.CCC(C)C(=O)OC1CC2CC1C1COC(=O)C21.CCC(C)C(=O)OC1CCC2CC1OC2=O.CCC(C)C(=O)OC1CCOC1=O.CCC(C)C(=O)OC1COC(=O)C1.CCC(C)C(=O)OCC1C2CC3OC(=O)C1C3C2. The molecular formula is C106H158O36. The van der Waals surface area contributed by atoms with E-state index in [1.807, 2.05) is 104 Å². The van der Waals surface area contributed by atoms with Crippen molar-refractivity contribution in [3.05, 3.63) is 0 Å². The zero-order valence-electron chi connectivity index (χ0n) is 87.0. The number of fused-ring (bicyclic) bond motifs is 14. The second-order valence-corrected chi connectivity index (χ2v) is 43.0. The highest BCUT2D eigenvalue weighted by Crippen LogP contribution is 2.60. The average Bonchev–Trinajstić information content (AvgIpc) is 1.56. The lowest BCUT2D eigenvalue weighted by atomic mass is 9.80. The highest BCUT2D eigenvalue weighted by Gasteiger charge is 2.66. The van der Waals surface area contributed by atoms with Crippen LogP contribution >= 0.6 is 0 Å². The number of carbonyl (C=O) groups excluding carboxylic acids is 18. The van der Waals surface area contributed by atoms with Gasteiger partial charge in [-0.3, -0.25) is 81.5 Å². The van der Waals surface area contributed by atoms with Gasteiger partial charge in [0, 0.05) is 80.0 Å². The maximum atomic E-state index is 11.8. The van der Waals surface area contributed by atoms with Gasteiger partial charge in [-0.15, -0.1) is 0 Å². The van der Waals surface area contributed by atoms with Crippen LogP contribution in [0.3, 0.4) is 0 Å². The van der Waals surface area contributed by atoms with E-state index in [-0.39, 0.29) is 264 Å². The molecule has 18 fully saturated rings. The van der Waals surface area contributed by atoms with Crippen molar-refractivity contribution in [2.24, 2.45) is 148 Å². The van der Waals surface area contributed by atoms with Crippen LogP contribution in [0, 0.1) is 148 Å². The van der Waals surface area contributed by atoms with E-state index >= 15 is 0 Å². The minimum Gasteiger partial charge on any atom is -0.465 e. The molecule has 36 nitrogen and oxygen atoms in total. The lowest BCUT2D eigenvalue weighted by Gasteiger charge is -2.32. The Morgan fingerprint density at radius 1 is 0.352 bits per heavy atom. The molecule has 0 aromatic heterocycles. The Bertz CT molecular complexity index is 4440. The molecule has 9 aliphatic carbocycles. The number of hydrogen-bond donors (Lipinski definition) is 0. The van der Waals surface area contributed by atoms with Gasteiger partial charge in [-0.2, -0.15) is 0 Å². The van der Waals surface area contributed by atoms with E-state index in [0.717, 1.165) is 128 Å². The number of rotatable bonds is 28. The first-order valence-corrected chi connectivity index (χ1v) is 52.8. The van der Waals surface area contributed by atoms with Gasteiger partial charge in [-0.05, 0) is 147 Å². The molecule has 18 rings (SSSR count). The van der Waals surface area contributed by atoms with E-state index in [2.05, 4.69) is 9.47 Å². The fourth-order valence-corrected chi connectivity index (χ4v) is 22.0. The molecule has 9 saturated heterocycles. The second-order valence-electron chi connectivity index (χ2n) is 43.0. The Morgan fingerprint density at radius 2 is 0.852 bits per heavy atom. The first-order chi connectivity index (χ1) is 67.3. The summed E-state index contributed by atoms with van der Waals surface area (Å²) in [6, 6.07) is 0. The summed E-state index contributed by atoms with van der Waals surface area (Å²) in [5.74, 6) is -1.08. The molecule has 0 amide bonds. The molecule has 9 saturated carbocycles. The summed E-state index contributed by atoms with van der Waals surface area (Å²) in [6.45, 7) is 40.0. The fourth-order valence-electron chi connectivity index (χ4n) is 22.0. The third-order valence-electron chi connectivity index (χ3n) is 33.1. The first-order valence-electron chi connectivity index (χ1n) is 52.8. The van der Waals surface area contributed by atoms with Crippen molar-refractivity contribution in [2.75, 3.05) is 39.6 Å². The van der Waals surface area contributed by atoms with E-state index < -0.39 is 23.5 Å². The van der Waals surface area contributed by atoms with Gasteiger partial charge >= 0.3 is 107 Å². The summed E-state index contributed by atoms with van der Waals surface area (Å²) in [5.41, 5.74) is -0.671. The van der Waals surface area contributed by atoms with Crippen molar-refractivity contribution in [1.82, 2.24) is 0 Å². The molecular weight excluding hydrogens is 1850 g/mol. The van der Waals surface area contributed by atoms with Crippen molar-refractivity contribution in [3.63, 3.8) is 0 Å². The van der Waals surface area contributed by atoms with Crippen LogP contribution in [0.2, 0.25) is 0 Å². The number of hydrogen-bond acceptors (Lipinski definition) is 36. The third kappa shape index (κ3) is 28.6. The highest BCUT2D eigenvalue weighted by molar-refractivity contribution is 5.83. The molecule has 36 atom stereocenters. The van der Waals surface area contributed by atoms with E-state index in [4.69, 9.17) is 75.8 Å². The smallest absolute Gasteiger partial charge is 0.347 e. The Balaban J connectivity index is 0.000000165. The van der Waals surface area contributed by atoms with Crippen LogP contribution in [-0.2, 0) is 172 Å². The summed E-state index contributed by atoms with van der Waals surface area (Å²) in [5, 5.41) is 0. The molecule has 142 heavy (non-hydrogen) atoms. The van der Waals surface area contributed by atoms with Crippen molar-refractivity contribution in [2.45, 2.75) is 372 Å². The van der Waals surface area contributed by atoms with Gasteiger partial charge in [-0.25, -0.2) is 4.79 Å². The molecule has 0 aromatic carbocycles. The van der Waals surface area contributed by atoms with Gasteiger partial charge in [0.05, 0.1) is 135 Å². The van der Waals surface area contributed by atoms with Gasteiger partial charge in [0.1, 0.15) is 61.0 Å². The molecule has 10 bridgehead atoms. The maximum absolute atomic E-state index is 11.8. The summed E-state index contributed by atoms with van der Waals surface area (Å²) in [4.78, 5) is 206. The fraction of sp³-hybridized carbons (Fsp3) is 0.830. The quantitative estimate of drug-likeness (QED) is 0.0518. The lowest BCUT2D eigenvalue weighted by Crippen LogP contribution is -2.41. The highest BCUT2D eigenvalue weighted by atomic mass is 16.7. The van der Waals surface area contributed by atoms with E-state index in [0.29, 0.717) is 112 Å². The van der Waals surface area contributed by atoms with Crippen molar-refractivity contribution >= 4 is 107 Å². The van der Waals surface area contributed by atoms with E-state index in [1.54, 1.807) is 34.6 Å². The Morgan fingerprint density at radius 3 is 1.40 bits per heavy atom. The lowest BCUT2D eigenvalue weighted by molar-refractivity contribution is -0.211. The predicted octanol–water partition coefficient (Wildman–Crippen LogP) is 13.6. The van der Waals surface area contributed by atoms with Crippen LogP contribution in [0.15, 0.2) is 0 Å². The number of ether oxygens (including phenoxy) is 18. The third-order valence-corrected chi connectivity index (χ3v) is 33.1. The van der Waals surface area contributed by atoms with Crippen LogP contribution < -0.4 is 0 Å². The zero-order chi connectivity index (χ0) is 104. The summed E-state index contributed by atoms with van der Waals surface area (Å²) in [6.07, 6.45) is 17.4. The maximum Gasteiger partial charge on any atom is 0.347 e. The van der Waals surface area contributed by atoms with Gasteiger partial charge in [0.15, 0.2) is 0 Å². The van der Waals surface area contributed by atoms with E-state index in [9.17, 15) is 86.3 Å². The number of esters is 18. The monoisotopic (exact) mass is 2010 g/mol. The minimum atomic E-state index is -1.03. The van der Waals surface area contributed by atoms with Crippen molar-refractivity contribution < 1.29 is 172 Å². The Hall–Kier alpha value is -9.54. The summed E-state index contributed by atoms with van der Waals surface area (Å²) >= 11 is 0. The summed E-state index contributed by atoms with van der Waals surface area (Å²) < 4.78 is 93.4. The van der Waals surface area contributed by atoms with Crippen LogP contribution in [0.5, 0.6) is 0 Å². The molecule has 798 valence electrons. The molecule has 18 aliphatic rings. The Labute approximate surface area is 834 Å². The normalized spacial score (nSPS) is 35.3. The van der Waals surface area contributed by atoms with Crippen LogP contribution in [0.1, 0.15) is 305 Å². The largest absolute Gasteiger partial charge is 0.465 e. The Kier molecular flexibility index (Phi) is 41.5. The topological polar surface area (TPSA) is 473 Å². The predicted molar refractivity (Wildman–Crippen MR) is 499 cm³/mol. The number of carbonyl (C=O) groups is 18. The van der Waals surface area contributed by atoms with Crippen molar-refractivity contribution in [1.29, 1.82) is 0 Å².